The maximum atomic E-state index is 12.3. The minimum atomic E-state index is -0.0598. The van der Waals surface area contributed by atoms with Gasteiger partial charge in [0, 0.05) is 23.2 Å². The Morgan fingerprint density at radius 1 is 1.22 bits per heavy atom. The molecule has 1 aromatic carbocycles. The number of aromatic nitrogens is 1. The SMILES string of the molecule is CSc1cccc(C(=O)NCc2ccnc(-c3cccs3)c2)c1. The summed E-state index contributed by atoms with van der Waals surface area (Å²) in [5.74, 6) is -0.0598. The van der Waals surface area contributed by atoms with E-state index in [4.69, 9.17) is 0 Å². The van der Waals surface area contributed by atoms with Crippen LogP contribution in [-0.2, 0) is 6.54 Å². The average molecular weight is 340 g/mol. The minimum absolute atomic E-state index is 0.0598. The van der Waals surface area contributed by atoms with Gasteiger partial charge in [-0.2, -0.15) is 0 Å². The molecule has 2 heterocycles. The van der Waals surface area contributed by atoms with E-state index >= 15 is 0 Å². The van der Waals surface area contributed by atoms with Crippen LogP contribution in [0.15, 0.2) is 65.0 Å². The summed E-state index contributed by atoms with van der Waals surface area (Å²) in [4.78, 5) is 18.9. The van der Waals surface area contributed by atoms with Crippen molar-refractivity contribution in [2.24, 2.45) is 0 Å². The number of thioether (sulfide) groups is 1. The summed E-state index contributed by atoms with van der Waals surface area (Å²) in [6, 6.07) is 15.6. The lowest BCUT2D eigenvalue weighted by atomic mass is 10.2. The van der Waals surface area contributed by atoms with E-state index in [2.05, 4.69) is 10.3 Å². The van der Waals surface area contributed by atoms with Crippen LogP contribution in [0.3, 0.4) is 0 Å². The third-order valence-corrected chi connectivity index (χ3v) is 5.00. The topological polar surface area (TPSA) is 42.0 Å². The normalized spacial score (nSPS) is 10.5. The summed E-state index contributed by atoms with van der Waals surface area (Å²) in [5, 5.41) is 5.00. The molecule has 23 heavy (non-hydrogen) atoms. The van der Waals surface area contributed by atoms with Crippen molar-refractivity contribution in [1.82, 2.24) is 10.3 Å². The third-order valence-electron chi connectivity index (χ3n) is 3.38. The van der Waals surface area contributed by atoms with Gasteiger partial charge in [-0.15, -0.1) is 23.1 Å². The Labute approximate surface area is 143 Å². The number of nitrogens with one attached hydrogen (secondary N) is 1. The van der Waals surface area contributed by atoms with Gasteiger partial charge >= 0.3 is 0 Å². The Bertz CT molecular complexity index is 800. The second kappa shape index (κ2) is 7.44. The molecule has 3 rings (SSSR count). The van der Waals surface area contributed by atoms with Crippen molar-refractivity contribution in [3.05, 3.63) is 71.2 Å². The van der Waals surface area contributed by atoms with E-state index in [9.17, 15) is 4.79 Å². The van der Waals surface area contributed by atoms with Crippen molar-refractivity contribution in [2.45, 2.75) is 11.4 Å². The number of benzene rings is 1. The molecule has 2 aromatic heterocycles. The van der Waals surface area contributed by atoms with Crippen LogP contribution in [0.2, 0.25) is 0 Å². The summed E-state index contributed by atoms with van der Waals surface area (Å²) >= 11 is 3.29. The molecule has 0 saturated carbocycles. The molecular formula is C18H16N2OS2. The van der Waals surface area contributed by atoms with E-state index in [1.54, 1.807) is 29.3 Å². The lowest BCUT2D eigenvalue weighted by Gasteiger charge is -2.07. The minimum Gasteiger partial charge on any atom is -0.348 e. The summed E-state index contributed by atoms with van der Waals surface area (Å²) in [6.45, 7) is 0.489. The first-order valence-corrected chi connectivity index (χ1v) is 9.28. The van der Waals surface area contributed by atoms with Gasteiger partial charge in [0.25, 0.3) is 5.91 Å². The fourth-order valence-corrected chi connectivity index (χ4v) is 3.34. The number of pyridine rings is 1. The van der Waals surface area contributed by atoms with E-state index in [-0.39, 0.29) is 5.91 Å². The van der Waals surface area contributed by atoms with Gasteiger partial charge in [0.05, 0.1) is 10.6 Å². The molecule has 0 saturated heterocycles. The van der Waals surface area contributed by atoms with E-state index < -0.39 is 0 Å². The summed E-state index contributed by atoms with van der Waals surface area (Å²) < 4.78 is 0. The number of carbonyl (C=O) groups is 1. The van der Waals surface area contributed by atoms with Gasteiger partial charge < -0.3 is 5.32 Å². The van der Waals surface area contributed by atoms with E-state index in [0.717, 1.165) is 21.0 Å². The Morgan fingerprint density at radius 3 is 2.91 bits per heavy atom. The van der Waals surface area contributed by atoms with E-state index in [0.29, 0.717) is 12.1 Å². The van der Waals surface area contributed by atoms with Crippen molar-refractivity contribution >= 4 is 29.0 Å². The highest BCUT2D eigenvalue weighted by atomic mass is 32.2. The highest BCUT2D eigenvalue weighted by Gasteiger charge is 2.07. The second-order valence-corrected chi connectivity index (χ2v) is 6.77. The van der Waals surface area contributed by atoms with Crippen LogP contribution < -0.4 is 5.32 Å². The lowest BCUT2D eigenvalue weighted by molar-refractivity contribution is 0.0950. The number of hydrogen-bond donors (Lipinski definition) is 1. The molecule has 0 aliphatic carbocycles. The van der Waals surface area contributed by atoms with Crippen LogP contribution in [0.1, 0.15) is 15.9 Å². The molecule has 5 heteroatoms. The summed E-state index contributed by atoms with van der Waals surface area (Å²) in [5.41, 5.74) is 2.67. The molecule has 1 amide bonds. The smallest absolute Gasteiger partial charge is 0.251 e. The fourth-order valence-electron chi connectivity index (χ4n) is 2.19. The predicted molar refractivity (Wildman–Crippen MR) is 96.9 cm³/mol. The molecule has 0 aliphatic heterocycles. The van der Waals surface area contributed by atoms with Gasteiger partial charge in [-0.1, -0.05) is 12.1 Å². The molecular weight excluding hydrogens is 324 g/mol. The Hall–Kier alpha value is -2.11. The molecule has 3 aromatic rings. The predicted octanol–water partition coefficient (Wildman–Crippen LogP) is 4.46. The maximum absolute atomic E-state index is 12.3. The molecule has 116 valence electrons. The first-order chi connectivity index (χ1) is 11.3. The van der Waals surface area contributed by atoms with Gasteiger partial charge in [0.1, 0.15) is 0 Å². The van der Waals surface area contributed by atoms with Crippen molar-refractivity contribution in [3.8, 4) is 10.6 Å². The van der Waals surface area contributed by atoms with Gasteiger partial charge in [0.2, 0.25) is 0 Å². The number of nitrogens with zero attached hydrogens (tertiary/aromatic N) is 1. The van der Waals surface area contributed by atoms with Crippen molar-refractivity contribution in [1.29, 1.82) is 0 Å². The molecule has 0 spiro atoms. The molecule has 3 nitrogen and oxygen atoms in total. The first-order valence-electron chi connectivity index (χ1n) is 7.17. The van der Waals surface area contributed by atoms with E-state index in [1.165, 1.54) is 0 Å². The van der Waals surface area contributed by atoms with Crippen molar-refractivity contribution in [2.75, 3.05) is 6.26 Å². The Morgan fingerprint density at radius 2 is 2.13 bits per heavy atom. The Balaban J connectivity index is 1.68. The number of amides is 1. The second-order valence-electron chi connectivity index (χ2n) is 4.94. The van der Waals surface area contributed by atoms with Crippen molar-refractivity contribution in [3.63, 3.8) is 0 Å². The number of carbonyl (C=O) groups excluding carboxylic acids is 1. The molecule has 0 bridgehead atoms. The molecule has 0 unspecified atom stereocenters. The quantitative estimate of drug-likeness (QED) is 0.697. The third kappa shape index (κ3) is 4.00. The first kappa shape index (κ1) is 15.8. The average Bonchev–Trinajstić information content (AvgIpc) is 3.14. The van der Waals surface area contributed by atoms with Crippen LogP contribution in [0, 0.1) is 0 Å². The molecule has 1 N–H and O–H groups in total. The highest BCUT2D eigenvalue weighted by Crippen LogP contribution is 2.23. The number of hydrogen-bond acceptors (Lipinski definition) is 4. The zero-order chi connectivity index (χ0) is 16.1. The summed E-state index contributed by atoms with van der Waals surface area (Å²) in [6.07, 6.45) is 3.78. The highest BCUT2D eigenvalue weighted by molar-refractivity contribution is 7.98. The van der Waals surface area contributed by atoms with Gasteiger partial charge in [-0.05, 0) is 53.6 Å². The zero-order valence-electron chi connectivity index (χ0n) is 12.7. The molecule has 0 fully saturated rings. The molecule has 0 aliphatic rings. The van der Waals surface area contributed by atoms with E-state index in [1.807, 2.05) is 60.2 Å². The maximum Gasteiger partial charge on any atom is 0.251 e. The van der Waals surface area contributed by atoms with Crippen LogP contribution in [0.25, 0.3) is 10.6 Å². The van der Waals surface area contributed by atoms with Gasteiger partial charge in [0.15, 0.2) is 0 Å². The van der Waals surface area contributed by atoms with Crippen molar-refractivity contribution < 1.29 is 4.79 Å². The van der Waals surface area contributed by atoms with Gasteiger partial charge in [-0.3, -0.25) is 9.78 Å². The largest absolute Gasteiger partial charge is 0.348 e. The van der Waals surface area contributed by atoms with Crippen LogP contribution in [0.4, 0.5) is 0 Å². The standard InChI is InChI=1S/C18H16N2OS2/c1-22-15-5-2-4-14(11-15)18(21)20-12-13-7-8-19-16(10-13)17-6-3-9-23-17/h2-11H,12H2,1H3,(H,20,21). The lowest BCUT2D eigenvalue weighted by Crippen LogP contribution is -2.22. The number of thiophene rings is 1. The van der Waals surface area contributed by atoms with Crippen LogP contribution in [-0.4, -0.2) is 17.1 Å². The molecule has 0 radical (unpaired) electrons. The van der Waals surface area contributed by atoms with Crippen LogP contribution in [0.5, 0.6) is 0 Å². The Kier molecular flexibility index (Phi) is 5.10. The summed E-state index contributed by atoms with van der Waals surface area (Å²) in [7, 11) is 0. The molecule has 0 atom stereocenters. The van der Waals surface area contributed by atoms with Gasteiger partial charge in [-0.25, -0.2) is 0 Å². The fraction of sp³-hybridized carbons (Fsp3) is 0.111. The van der Waals surface area contributed by atoms with Crippen LogP contribution >= 0.6 is 23.1 Å². The number of rotatable bonds is 5. The zero-order valence-corrected chi connectivity index (χ0v) is 14.3. The monoisotopic (exact) mass is 340 g/mol.